The summed E-state index contributed by atoms with van der Waals surface area (Å²) in [5.41, 5.74) is -0.162. The van der Waals surface area contributed by atoms with Gasteiger partial charge in [0.1, 0.15) is 6.61 Å². The third-order valence-corrected chi connectivity index (χ3v) is 1.60. The Morgan fingerprint density at radius 1 is 1.27 bits per heavy atom. The Bertz CT molecular complexity index is 89.6. The molecule has 1 radical (unpaired) electrons. The van der Waals surface area contributed by atoms with Gasteiger partial charge in [-0.1, -0.05) is 20.3 Å². The molecule has 0 spiro atoms. The molecule has 0 heterocycles. The monoisotopic (exact) mass is 159 g/mol. The molecule has 0 bridgehead atoms. The third kappa shape index (κ3) is 6.32. The van der Waals surface area contributed by atoms with Gasteiger partial charge in [0.2, 0.25) is 0 Å². The molecule has 0 amide bonds. The van der Waals surface area contributed by atoms with Crippen LogP contribution in [0.25, 0.3) is 0 Å². The molecular formula is C9H19O2. The summed E-state index contributed by atoms with van der Waals surface area (Å²) in [6, 6.07) is 0. The predicted molar refractivity (Wildman–Crippen MR) is 45.7 cm³/mol. The van der Waals surface area contributed by atoms with E-state index in [1.807, 2.05) is 13.8 Å². The second-order valence-electron chi connectivity index (χ2n) is 3.25. The fourth-order valence-electron chi connectivity index (χ4n) is 0.389. The average Bonchev–Trinajstić information content (AvgIpc) is 1.99. The van der Waals surface area contributed by atoms with Gasteiger partial charge in [0.15, 0.2) is 0 Å². The van der Waals surface area contributed by atoms with Crippen molar-refractivity contribution in [2.45, 2.75) is 52.6 Å². The molecule has 0 fully saturated rings. The molecule has 0 atom stereocenters. The van der Waals surface area contributed by atoms with E-state index in [9.17, 15) is 0 Å². The summed E-state index contributed by atoms with van der Waals surface area (Å²) in [5.74, 6) is 0. The van der Waals surface area contributed by atoms with Crippen LogP contribution >= 0.6 is 0 Å². The third-order valence-electron chi connectivity index (χ3n) is 1.60. The predicted octanol–water partition coefficient (Wildman–Crippen LogP) is 3.09. The van der Waals surface area contributed by atoms with E-state index in [1.165, 1.54) is 0 Å². The molecule has 0 N–H and O–H groups in total. The van der Waals surface area contributed by atoms with Crippen LogP contribution < -0.4 is 0 Å². The zero-order valence-corrected chi connectivity index (χ0v) is 8.02. The highest BCUT2D eigenvalue weighted by Crippen LogP contribution is 2.14. The highest BCUT2D eigenvalue weighted by atomic mass is 17.2. The van der Waals surface area contributed by atoms with Gasteiger partial charge in [0, 0.05) is 0 Å². The number of hydrogen-bond donors (Lipinski definition) is 0. The van der Waals surface area contributed by atoms with Gasteiger partial charge in [-0.05, 0) is 26.7 Å². The Morgan fingerprint density at radius 3 is 2.36 bits per heavy atom. The Labute approximate surface area is 69.8 Å². The van der Waals surface area contributed by atoms with Crippen molar-refractivity contribution in [2.75, 3.05) is 0 Å². The second-order valence-corrected chi connectivity index (χ2v) is 3.25. The molecule has 2 heteroatoms. The zero-order valence-electron chi connectivity index (χ0n) is 8.02. The highest BCUT2D eigenvalue weighted by molar-refractivity contribution is 4.62. The van der Waals surface area contributed by atoms with Crippen LogP contribution in [0.5, 0.6) is 0 Å². The molecule has 0 aromatic heterocycles. The fraction of sp³-hybridized carbons (Fsp3) is 0.889. The molecule has 0 aliphatic carbocycles. The lowest BCUT2D eigenvalue weighted by Gasteiger charge is -2.20. The van der Waals surface area contributed by atoms with E-state index < -0.39 is 0 Å². The molecule has 0 saturated carbocycles. The van der Waals surface area contributed by atoms with E-state index in [0.29, 0.717) is 0 Å². The Kier molecular flexibility index (Phi) is 5.51. The van der Waals surface area contributed by atoms with Crippen LogP contribution in [0, 0.1) is 6.61 Å². The number of rotatable bonds is 6. The first-order valence-electron chi connectivity index (χ1n) is 4.28. The number of unbranched alkanes of at least 4 members (excludes halogenated alkanes) is 1. The summed E-state index contributed by atoms with van der Waals surface area (Å²) in [6.45, 7) is 9.89. The van der Waals surface area contributed by atoms with E-state index >= 15 is 0 Å². The summed E-state index contributed by atoms with van der Waals surface area (Å²) in [7, 11) is 0. The first kappa shape index (κ1) is 10.9. The van der Waals surface area contributed by atoms with Crippen molar-refractivity contribution >= 4 is 0 Å². The molecular weight excluding hydrogens is 140 g/mol. The Balaban J connectivity index is 3.23. The average molecular weight is 159 g/mol. The van der Waals surface area contributed by atoms with Crippen LogP contribution in [0.3, 0.4) is 0 Å². The lowest BCUT2D eigenvalue weighted by Crippen LogP contribution is -2.22. The van der Waals surface area contributed by atoms with E-state index in [0.717, 1.165) is 19.3 Å². The maximum atomic E-state index is 5.13. The lowest BCUT2D eigenvalue weighted by atomic mass is 10.1. The fourth-order valence-corrected chi connectivity index (χ4v) is 0.389. The number of hydrogen-bond acceptors (Lipinski definition) is 2. The minimum atomic E-state index is -0.162. The zero-order chi connectivity index (χ0) is 8.74. The van der Waals surface area contributed by atoms with Crippen LogP contribution in [0.1, 0.15) is 47.0 Å². The van der Waals surface area contributed by atoms with Crippen molar-refractivity contribution in [2.24, 2.45) is 0 Å². The summed E-state index contributed by atoms with van der Waals surface area (Å²) < 4.78 is 0. The topological polar surface area (TPSA) is 18.5 Å². The van der Waals surface area contributed by atoms with Crippen LogP contribution in [0.4, 0.5) is 0 Å². The van der Waals surface area contributed by atoms with Gasteiger partial charge in [-0.3, -0.25) is 0 Å². The molecule has 0 aliphatic heterocycles. The molecule has 0 saturated heterocycles. The molecule has 0 aliphatic rings. The first-order valence-corrected chi connectivity index (χ1v) is 4.28. The van der Waals surface area contributed by atoms with E-state index in [-0.39, 0.29) is 5.60 Å². The van der Waals surface area contributed by atoms with E-state index in [4.69, 9.17) is 9.78 Å². The van der Waals surface area contributed by atoms with Crippen molar-refractivity contribution in [3.8, 4) is 0 Å². The summed E-state index contributed by atoms with van der Waals surface area (Å²) in [4.78, 5) is 10.0. The van der Waals surface area contributed by atoms with Crippen molar-refractivity contribution in [3.63, 3.8) is 0 Å². The van der Waals surface area contributed by atoms with Gasteiger partial charge in [0.05, 0.1) is 5.60 Å². The van der Waals surface area contributed by atoms with Gasteiger partial charge in [-0.25, -0.2) is 9.78 Å². The quantitative estimate of drug-likeness (QED) is 0.337. The SMILES string of the molecule is CCC[CH]OOC(C)(C)CC. The highest BCUT2D eigenvalue weighted by Gasteiger charge is 2.16. The maximum absolute atomic E-state index is 5.13. The van der Waals surface area contributed by atoms with Crippen LogP contribution in [0.15, 0.2) is 0 Å². The maximum Gasteiger partial charge on any atom is 0.122 e. The summed E-state index contributed by atoms with van der Waals surface area (Å²) in [6.07, 6.45) is 2.99. The lowest BCUT2D eigenvalue weighted by molar-refractivity contribution is -0.332. The Hall–Kier alpha value is -0.0800. The minimum absolute atomic E-state index is 0.162. The van der Waals surface area contributed by atoms with Crippen LogP contribution in [-0.4, -0.2) is 5.60 Å². The molecule has 67 valence electrons. The van der Waals surface area contributed by atoms with Crippen molar-refractivity contribution < 1.29 is 9.78 Å². The standard InChI is InChI=1S/C9H19O2/c1-5-7-8-10-11-9(3,4)6-2/h8H,5-7H2,1-4H3. The van der Waals surface area contributed by atoms with E-state index in [2.05, 4.69) is 13.8 Å². The Morgan fingerprint density at radius 2 is 1.91 bits per heavy atom. The van der Waals surface area contributed by atoms with Crippen molar-refractivity contribution in [3.05, 3.63) is 6.61 Å². The van der Waals surface area contributed by atoms with Crippen molar-refractivity contribution in [1.82, 2.24) is 0 Å². The molecule has 0 rings (SSSR count). The van der Waals surface area contributed by atoms with Gasteiger partial charge in [-0.2, -0.15) is 0 Å². The normalized spacial score (nSPS) is 12.0. The second kappa shape index (κ2) is 5.56. The summed E-state index contributed by atoms with van der Waals surface area (Å²) >= 11 is 0. The smallest absolute Gasteiger partial charge is 0.122 e. The van der Waals surface area contributed by atoms with Crippen LogP contribution in [0.2, 0.25) is 0 Å². The van der Waals surface area contributed by atoms with Gasteiger partial charge in [-0.15, -0.1) is 0 Å². The molecule has 2 nitrogen and oxygen atoms in total. The van der Waals surface area contributed by atoms with Crippen LogP contribution in [-0.2, 0) is 9.78 Å². The van der Waals surface area contributed by atoms with Gasteiger partial charge in [0.25, 0.3) is 0 Å². The molecule has 0 unspecified atom stereocenters. The first-order chi connectivity index (χ1) is 5.12. The van der Waals surface area contributed by atoms with Gasteiger partial charge < -0.3 is 0 Å². The molecule has 11 heavy (non-hydrogen) atoms. The largest absolute Gasteiger partial charge is 0.230 e. The minimum Gasteiger partial charge on any atom is -0.230 e. The van der Waals surface area contributed by atoms with Crippen molar-refractivity contribution in [1.29, 1.82) is 0 Å². The van der Waals surface area contributed by atoms with E-state index in [1.54, 1.807) is 6.61 Å². The molecule has 0 aromatic rings. The van der Waals surface area contributed by atoms with Gasteiger partial charge >= 0.3 is 0 Å². The molecule has 0 aromatic carbocycles. The summed E-state index contributed by atoms with van der Waals surface area (Å²) in [5, 5.41) is 0.